The van der Waals surface area contributed by atoms with Crippen LogP contribution in [0.2, 0.25) is 0 Å². The largest absolute Gasteiger partial charge is 2.00 e. The van der Waals surface area contributed by atoms with Crippen molar-refractivity contribution in [3.63, 3.8) is 0 Å². The predicted molar refractivity (Wildman–Crippen MR) is 218 cm³/mol. The van der Waals surface area contributed by atoms with Crippen molar-refractivity contribution in [1.29, 1.82) is 0 Å². The van der Waals surface area contributed by atoms with E-state index in [-0.39, 0.29) is 36.5 Å². The minimum atomic E-state index is -0.0643. The van der Waals surface area contributed by atoms with Gasteiger partial charge in [0.25, 0.3) is 0 Å². The molecule has 6 aromatic carbocycles. The molecule has 8 aromatic rings. The number of fused-ring (bicyclic) bond motifs is 1. The second kappa shape index (κ2) is 15.4. The Morgan fingerprint density at radius 1 is 0.593 bits per heavy atom. The van der Waals surface area contributed by atoms with Gasteiger partial charge >= 0.3 is 31.1 Å². The number of hydrogen-bond donors (Lipinski definition) is 0. The van der Waals surface area contributed by atoms with E-state index in [9.17, 15) is 0 Å². The summed E-state index contributed by atoms with van der Waals surface area (Å²) >= 11 is 0. The van der Waals surface area contributed by atoms with Crippen LogP contribution in [0.25, 0.3) is 72.6 Å². The standard InChI is InChI=1S/C50H35N3.U/c1-50(42-22-12-5-13-23-42)31-29-38(30-32-50)46-34-45(37-19-10-4-11-20-37)51-49(52-46)40-27-25-39(26-28-40)47-44(36-17-8-3-9-18-36)33-41-21-14-24-43(48(41)53-47)35-15-6-2-7-16-35;/h2-17,19-31,34H,32H2,1H3;/q-2;+2. The van der Waals surface area contributed by atoms with Crippen LogP contribution in [0.15, 0.2) is 182 Å². The van der Waals surface area contributed by atoms with Crippen molar-refractivity contribution < 1.29 is 31.1 Å². The van der Waals surface area contributed by atoms with Crippen molar-refractivity contribution >= 4 is 16.5 Å². The Kier molecular flexibility index (Phi) is 10.1. The molecule has 2 aromatic heterocycles. The monoisotopic (exact) mass is 915 g/mol. The minimum absolute atomic E-state index is 0. The third-order valence-electron chi connectivity index (χ3n) is 10.1. The Morgan fingerprint density at radius 3 is 1.94 bits per heavy atom. The molecule has 0 saturated heterocycles. The van der Waals surface area contributed by atoms with Gasteiger partial charge in [-0.1, -0.05) is 153 Å². The number of nitrogens with zero attached hydrogens (tertiary/aromatic N) is 3. The molecular formula is C50H35N3U. The summed E-state index contributed by atoms with van der Waals surface area (Å²) < 4.78 is 0. The van der Waals surface area contributed by atoms with Crippen LogP contribution in [0, 0.1) is 43.2 Å². The number of pyridine rings is 1. The molecule has 1 unspecified atom stereocenters. The van der Waals surface area contributed by atoms with Crippen molar-refractivity contribution in [2.24, 2.45) is 0 Å². The van der Waals surface area contributed by atoms with Crippen LogP contribution in [0.3, 0.4) is 0 Å². The van der Waals surface area contributed by atoms with Gasteiger partial charge in [-0.3, -0.25) is 0 Å². The van der Waals surface area contributed by atoms with Crippen LogP contribution >= 0.6 is 0 Å². The average Bonchev–Trinajstić information content (AvgIpc) is 3.24. The van der Waals surface area contributed by atoms with E-state index in [4.69, 9.17) is 15.0 Å². The van der Waals surface area contributed by atoms with E-state index >= 15 is 0 Å². The van der Waals surface area contributed by atoms with Crippen LogP contribution in [0.4, 0.5) is 0 Å². The van der Waals surface area contributed by atoms with Crippen LogP contribution in [-0.2, 0) is 5.41 Å². The third-order valence-corrected chi connectivity index (χ3v) is 10.1. The zero-order chi connectivity index (χ0) is 35.6. The van der Waals surface area contributed by atoms with Crippen molar-refractivity contribution in [2.75, 3.05) is 0 Å². The summed E-state index contributed by atoms with van der Waals surface area (Å²) in [4.78, 5) is 15.6. The van der Waals surface area contributed by atoms with Gasteiger partial charge in [0.2, 0.25) is 0 Å². The third kappa shape index (κ3) is 7.04. The van der Waals surface area contributed by atoms with E-state index < -0.39 is 0 Å². The fraction of sp³-hybridized carbons (Fsp3) is 0.0600. The van der Waals surface area contributed by atoms with Gasteiger partial charge in [0.15, 0.2) is 5.82 Å². The summed E-state index contributed by atoms with van der Waals surface area (Å²) in [6.07, 6.45) is 7.73. The van der Waals surface area contributed by atoms with E-state index in [1.807, 2.05) is 30.3 Å². The van der Waals surface area contributed by atoms with Crippen LogP contribution < -0.4 is 0 Å². The predicted octanol–water partition coefficient (Wildman–Crippen LogP) is 12.3. The topological polar surface area (TPSA) is 38.7 Å². The van der Waals surface area contributed by atoms with Gasteiger partial charge in [-0.15, -0.1) is 17.5 Å². The van der Waals surface area contributed by atoms with Crippen LogP contribution in [0.1, 0.15) is 24.6 Å². The summed E-state index contributed by atoms with van der Waals surface area (Å²) in [6, 6.07) is 63.5. The molecule has 54 heavy (non-hydrogen) atoms. The van der Waals surface area contributed by atoms with Crippen molar-refractivity contribution in [3.8, 4) is 56.2 Å². The van der Waals surface area contributed by atoms with Crippen molar-refractivity contribution in [1.82, 2.24) is 15.0 Å². The van der Waals surface area contributed by atoms with Crippen LogP contribution in [-0.4, -0.2) is 15.0 Å². The molecular weight excluding hydrogens is 881 g/mol. The summed E-state index contributed by atoms with van der Waals surface area (Å²) in [5.74, 6) is 0.680. The molecule has 2 heterocycles. The van der Waals surface area contributed by atoms with Crippen molar-refractivity contribution in [3.05, 3.63) is 205 Å². The summed E-state index contributed by atoms with van der Waals surface area (Å²) in [7, 11) is 0. The molecule has 1 aliphatic rings. The molecule has 4 heteroatoms. The maximum absolute atomic E-state index is 5.37. The van der Waals surface area contributed by atoms with Gasteiger partial charge in [0, 0.05) is 22.1 Å². The van der Waals surface area contributed by atoms with Crippen molar-refractivity contribution in [2.45, 2.75) is 18.8 Å². The Hall–Kier alpha value is -5.66. The Balaban J connectivity index is 0.00000413. The Morgan fingerprint density at radius 2 is 1.26 bits per heavy atom. The van der Waals surface area contributed by atoms with Gasteiger partial charge in [-0.05, 0) is 46.0 Å². The number of rotatable bonds is 7. The smallest absolute Gasteiger partial charge is 0.334 e. The number of aromatic nitrogens is 3. The molecule has 0 fully saturated rings. The molecule has 254 valence electrons. The van der Waals surface area contributed by atoms with E-state index in [2.05, 4.69) is 171 Å². The molecule has 1 aliphatic carbocycles. The van der Waals surface area contributed by atoms with Gasteiger partial charge in [-0.2, -0.15) is 35.9 Å². The van der Waals surface area contributed by atoms with E-state index in [0.717, 1.165) is 78.9 Å². The van der Waals surface area contributed by atoms with Gasteiger partial charge < -0.3 is 4.98 Å². The van der Waals surface area contributed by atoms with E-state index in [1.165, 1.54) is 5.56 Å². The minimum Gasteiger partial charge on any atom is -0.334 e. The molecule has 3 nitrogen and oxygen atoms in total. The first-order valence-electron chi connectivity index (χ1n) is 18.0. The van der Waals surface area contributed by atoms with E-state index in [1.54, 1.807) is 0 Å². The maximum atomic E-state index is 5.37. The second-order valence-corrected chi connectivity index (χ2v) is 13.7. The molecule has 0 saturated carbocycles. The quantitative estimate of drug-likeness (QED) is 0.150. The van der Waals surface area contributed by atoms with Crippen LogP contribution in [0.5, 0.6) is 0 Å². The number of allylic oxidation sites excluding steroid dienone is 4. The molecule has 1 atom stereocenters. The molecule has 0 amide bonds. The first-order chi connectivity index (χ1) is 26.1. The molecule has 0 N–H and O–H groups in total. The molecule has 0 bridgehead atoms. The SMILES string of the molecule is CC1(c2ccccc2)C=CC(c2cc(-c3ccccc3)nc(-c3ccc(-c4nc5c(-c6ccccc6)cccc5[c-]c4-c4[c-]cccc4)cc3)n2)=CC1.[U+2]. The molecule has 9 rings (SSSR count). The van der Waals surface area contributed by atoms with E-state index in [0.29, 0.717) is 5.82 Å². The fourth-order valence-corrected chi connectivity index (χ4v) is 7.14. The van der Waals surface area contributed by atoms with Gasteiger partial charge in [-0.25, -0.2) is 15.5 Å². The zero-order valence-corrected chi connectivity index (χ0v) is 34.0. The first-order valence-corrected chi connectivity index (χ1v) is 18.0. The number of hydrogen-bond acceptors (Lipinski definition) is 3. The number of para-hydroxylation sites is 1. The summed E-state index contributed by atoms with van der Waals surface area (Å²) in [5, 5.41) is 0.966. The Labute approximate surface area is 340 Å². The first kappa shape index (κ1) is 35.4. The average molecular weight is 916 g/mol. The number of benzene rings is 6. The normalized spacial score (nSPS) is 15.0. The Bertz CT molecular complexity index is 2620. The molecule has 0 radical (unpaired) electrons. The molecule has 0 aliphatic heterocycles. The summed E-state index contributed by atoms with van der Waals surface area (Å²) in [5.41, 5.74) is 13.0. The zero-order valence-electron chi connectivity index (χ0n) is 29.9. The maximum Gasteiger partial charge on any atom is 2.00 e. The molecule has 0 spiro atoms. The van der Waals surface area contributed by atoms with Gasteiger partial charge in [0.1, 0.15) is 0 Å². The van der Waals surface area contributed by atoms with Gasteiger partial charge in [0.05, 0.1) is 11.4 Å². The summed E-state index contributed by atoms with van der Waals surface area (Å²) in [6.45, 7) is 2.29. The fourth-order valence-electron chi connectivity index (χ4n) is 7.14. The second-order valence-electron chi connectivity index (χ2n) is 13.7.